The number of carbonyl (C=O) groups is 6. The molecule has 46 heavy (non-hydrogen) atoms. The molecule has 3 fully saturated rings. The summed E-state index contributed by atoms with van der Waals surface area (Å²) in [4.78, 5) is 81.4. The molecule has 0 radical (unpaired) electrons. The minimum atomic E-state index is -1.03. The summed E-state index contributed by atoms with van der Waals surface area (Å²) in [6.07, 6.45) is 5.32. The van der Waals surface area contributed by atoms with Crippen molar-refractivity contribution in [1.29, 1.82) is 0 Å². The summed E-state index contributed by atoms with van der Waals surface area (Å²) in [5.74, 6) is -2.45. The number of nitrogens with zero attached hydrogens (tertiary/aromatic N) is 1. The van der Waals surface area contributed by atoms with Crippen LogP contribution in [-0.4, -0.2) is 84.1 Å². The van der Waals surface area contributed by atoms with Gasteiger partial charge in [-0.05, 0) is 53.8 Å². The number of amides is 6. The van der Waals surface area contributed by atoms with Gasteiger partial charge in [-0.2, -0.15) is 0 Å². The van der Waals surface area contributed by atoms with E-state index in [1.54, 1.807) is 0 Å². The summed E-state index contributed by atoms with van der Waals surface area (Å²) in [5, 5.41) is 13.8. The lowest BCUT2D eigenvalue weighted by Crippen LogP contribution is -2.62. The van der Waals surface area contributed by atoms with Crippen molar-refractivity contribution in [3.05, 3.63) is 12.7 Å². The fraction of sp³-hybridized carbons (Fsp3) is 0.765. The van der Waals surface area contributed by atoms with Crippen LogP contribution in [-0.2, 0) is 24.0 Å². The van der Waals surface area contributed by atoms with E-state index in [2.05, 4.69) is 47.0 Å². The highest BCUT2D eigenvalue weighted by Crippen LogP contribution is 2.65. The van der Waals surface area contributed by atoms with Crippen LogP contribution >= 0.6 is 0 Å². The number of fused-ring (bicyclic) bond motifs is 1. The van der Waals surface area contributed by atoms with Crippen LogP contribution in [0.2, 0.25) is 0 Å². The Morgan fingerprint density at radius 2 is 1.65 bits per heavy atom. The van der Waals surface area contributed by atoms with Crippen molar-refractivity contribution in [3.8, 4) is 0 Å². The highest BCUT2D eigenvalue weighted by molar-refractivity contribution is 6.38. The number of unbranched alkanes of at least 4 members (excludes halogenated alkanes) is 1. The maximum atomic E-state index is 14.3. The largest absolute Gasteiger partial charge is 0.354 e. The van der Waals surface area contributed by atoms with Gasteiger partial charge >= 0.3 is 6.03 Å². The molecule has 5 N–H and O–H groups in total. The van der Waals surface area contributed by atoms with Crippen molar-refractivity contribution < 1.29 is 28.8 Å². The highest BCUT2D eigenvalue weighted by Gasteiger charge is 2.70. The molecular weight excluding hydrogens is 588 g/mol. The van der Waals surface area contributed by atoms with Gasteiger partial charge in [-0.3, -0.25) is 24.0 Å². The molecule has 258 valence electrons. The fourth-order valence-corrected chi connectivity index (χ4v) is 6.50. The Labute approximate surface area is 274 Å². The molecule has 6 amide bonds. The quantitative estimate of drug-likeness (QED) is 0.128. The van der Waals surface area contributed by atoms with Crippen LogP contribution in [0.5, 0.6) is 0 Å². The van der Waals surface area contributed by atoms with Gasteiger partial charge in [-0.1, -0.05) is 74.3 Å². The minimum absolute atomic E-state index is 0.0720. The van der Waals surface area contributed by atoms with Crippen LogP contribution in [0.3, 0.4) is 0 Å². The number of nitrogens with one attached hydrogen (secondary N) is 5. The van der Waals surface area contributed by atoms with E-state index in [9.17, 15) is 28.8 Å². The first-order valence-electron chi connectivity index (χ1n) is 16.8. The second-order valence-electron chi connectivity index (χ2n) is 15.3. The van der Waals surface area contributed by atoms with E-state index >= 15 is 0 Å². The van der Waals surface area contributed by atoms with Crippen molar-refractivity contribution in [3.63, 3.8) is 0 Å². The number of piperidine rings is 1. The smallest absolute Gasteiger partial charge is 0.316 e. The zero-order valence-corrected chi connectivity index (χ0v) is 29.0. The van der Waals surface area contributed by atoms with Gasteiger partial charge in [0.15, 0.2) is 0 Å². The zero-order valence-electron chi connectivity index (χ0n) is 29.0. The molecule has 1 heterocycles. The zero-order chi connectivity index (χ0) is 34.6. The molecule has 6 atom stereocenters. The standard InChI is InChI=1S/C34H56N6O6/c1-10-12-13-22(26(41)30(44)35-16-11-2)37-29(43)25-23-21(34(23,8)9)18-40(25)31(45)27(33(5,6)7)39-32(46)38-24(19(3)4)28(42)36-17-20-14-15-20/h11,19-25,27H,2,10,12-18H2,1,3-9H3,(H,35,44)(H,36,42)(H,37,43)(H2,38,39,46)/t21-,22?,23-,24-,25-,27+/m0/s1. The molecule has 0 aromatic heterocycles. The molecule has 0 spiro atoms. The first-order chi connectivity index (χ1) is 21.4. The van der Waals surface area contributed by atoms with Gasteiger partial charge in [0.2, 0.25) is 23.5 Å². The van der Waals surface area contributed by atoms with E-state index < -0.39 is 59.1 Å². The highest BCUT2D eigenvalue weighted by atomic mass is 16.2. The lowest BCUT2D eigenvalue weighted by molar-refractivity contribution is -0.145. The van der Waals surface area contributed by atoms with Gasteiger partial charge in [0.05, 0.1) is 6.04 Å². The lowest BCUT2D eigenvalue weighted by atomic mass is 9.85. The molecule has 3 rings (SSSR count). The second kappa shape index (κ2) is 15.0. The lowest BCUT2D eigenvalue weighted by Gasteiger charge is -2.38. The Bertz CT molecular complexity index is 1190. The molecule has 0 aromatic rings. The monoisotopic (exact) mass is 644 g/mol. The fourth-order valence-electron chi connectivity index (χ4n) is 6.50. The van der Waals surface area contributed by atoms with Crippen LogP contribution in [0, 0.1) is 34.5 Å². The number of hydrogen-bond acceptors (Lipinski definition) is 6. The third kappa shape index (κ3) is 8.88. The van der Waals surface area contributed by atoms with E-state index in [1.165, 1.54) is 11.0 Å². The average Bonchev–Trinajstić information content (AvgIpc) is 3.84. The van der Waals surface area contributed by atoms with E-state index in [1.807, 2.05) is 41.5 Å². The Morgan fingerprint density at radius 3 is 2.20 bits per heavy atom. The van der Waals surface area contributed by atoms with Crippen molar-refractivity contribution in [2.45, 2.75) is 112 Å². The average molecular weight is 645 g/mol. The number of Topliss-reactive ketones (excluding diaryl/α,β-unsaturated/α-hetero) is 1. The Morgan fingerprint density at radius 1 is 1.00 bits per heavy atom. The number of rotatable bonds is 16. The molecule has 2 saturated carbocycles. The molecule has 1 unspecified atom stereocenters. The van der Waals surface area contributed by atoms with Crippen LogP contribution in [0.4, 0.5) is 4.79 Å². The molecule has 0 bridgehead atoms. The molecule has 2 aliphatic carbocycles. The summed E-state index contributed by atoms with van der Waals surface area (Å²) in [6.45, 7) is 19.8. The summed E-state index contributed by atoms with van der Waals surface area (Å²) < 4.78 is 0. The van der Waals surface area contributed by atoms with E-state index in [4.69, 9.17) is 0 Å². The molecule has 1 aliphatic heterocycles. The first kappa shape index (κ1) is 37.0. The topological polar surface area (TPSA) is 166 Å². The van der Waals surface area contributed by atoms with Gasteiger partial charge in [0.1, 0.15) is 18.1 Å². The normalized spacial score (nSPS) is 23.3. The number of carbonyl (C=O) groups excluding carboxylic acids is 6. The Kier molecular flexibility index (Phi) is 12.1. The van der Waals surface area contributed by atoms with Gasteiger partial charge in [-0.15, -0.1) is 6.58 Å². The van der Waals surface area contributed by atoms with Gasteiger partial charge in [0.25, 0.3) is 5.91 Å². The van der Waals surface area contributed by atoms with Gasteiger partial charge in [0, 0.05) is 19.6 Å². The number of hydrogen-bond donors (Lipinski definition) is 5. The van der Waals surface area contributed by atoms with Crippen molar-refractivity contribution >= 4 is 35.4 Å². The SMILES string of the molecule is C=CCNC(=O)C(=O)C(CCCC)NC(=O)[C@@H]1[C@@H]2[C@H](CN1C(=O)[C@@H](NC(=O)N[C@H](C(=O)NCC1CC1)C(C)C)C(C)(C)C)C2(C)C. The van der Waals surface area contributed by atoms with Crippen LogP contribution in [0.15, 0.2) is 12.7 Å². The summed E-state index contributed by atoms with van der Waals surface area (Å²) in [5.41, 5.74) is -0.925. The van der Waals surface area contributed by atoms with Crippen LogP contribution in [0.25, 0.3) is 0 Å². The first-order valence-corrected chi connectivity index (χ1v) is 16.8. The predicted octanol–water partition coefficient (Wildman–Crippen LogP) is 2.28. The third-order valence-corrected chi connectivity index (χ3v) is 9.76. The number of ketones is 1. The molecular formula is C34H56N6O6. The van der Waals surface area contributed by atoms with Gasteiger partial charge in [-0.25, -0.2) is 4.79 Å². The molecule has 1 saturated heterocycles. The summed E-state index contributed by atoms with van der Waals surface area (Å²) >= 11 is 0. The Balaban J connectivity index is 1.79. The number of urea groups is 1. The summed E-state index contributed by atoms with van der Waals surface area (Å²) in [7, 11) is 0. The van der Waals surface area contributed by atoms with Crippen LogP contribution < -0.4 is 26.6 Å². The van der Waals surface area contributed by atoms with E-state index in [-0.39, 0.29) is 35.6 Å². The van der Waals surface area contributed by atoms with Crippen molar-refractivity contribution in [1.82, 2.24) is 31.5 Å². The molecule has 12 nitrogen and oxygen atoms in total. The molecule has 0 aromatic carbocycles. The summed E-state index contributed by atoms with van der Waals surface area (Å²) in [6, 6.07) is -4.33. The van der Waals surface area contributed by atoms with Crippen LogP contribution in [0.1, 0.15) is 87.5 Å². The molecule has 3 aliphatic rings. The Hall–Kier alpha value is -3.44. The predicted molar refractivity (Wildman–Crippen MR) is 175 cm³/mol. The van der Waals surface area contributed by atoms with Gasteiger partial charge < -0.3 is 31.5 Å². The second-order valence-corrected chi connectivity index (χ2v) is 15.3. The minimum Gasteiger partial charge on any atom is -0.354 e. The maximum Gasteiger partial charge on any atom is 0.316 e. The molecule has 12 heteroatoms. The van der Waals surface area contributed by atoms with E-state index in [0.29, 0.717) is 31.8 Å². The van der Waals surface area contributed by atoms with Crippen molar-refractivity contribution in [2.24, 2.45) is 34.5 Å². The third-order valence-electron chi connectivity index (χ3n) is 9.76. The van der Waals surface area contributed by atoms with E-state index in [0.717, 1.165) is 19.3 Å². The number of likely N-dealkylation sites (tertiary alicyclic amines) is 1. The maximum absolute atomic E-state index is 14.3. The van der Waals surface area contributed by atoms with Crippen molar-refractivity contribution in [2.75, 3.05) is 19.6 Å².